The molecule has 3 heterocycles. The Morgan fingerprint density at radius 1 is 1.29 bits per heavy atom. The maximum Gasteiger partial charge on any atom is 0.434 e. The van der Waals surface area contributed by atoms with Crippen LogP contribution in [0.1, 0.15) is 38.2 Å². The minimum absolute atomic E-state index is 0.134. The van der Waals surface area contributed by atoms with Crippen LogP contribution in [-0.2, 0) is 11.8 Å². The van der Waals surface area contributed by atoms with E-state index in [4.69, 9.17) is 11.6 Å². The lowest BCUT2D eigenvalue weighted by Gasteiger charge is -2.44. The molecule has 3 N–H and O–H groups in total. The molecule has 3 aromatic rings. The van der Waals surface area contributed by atoms with E-state index >= 15 is 0 Å². The average Bonchev–Trinajstić information content (AvgIpc) is 3.40. The van der Waals surface area contributed by atoms with Gasteiger partial charge in [-0.15, -0.1) is 11.3 Å². The second-order valence-corrected chi connectivity index (χ2v) is 9.46. The maximum absolute atomic E-state index is 13.9. The minimum Gasteiger partial charge on any atom is -0.379 e. The number of β-amino-alcohol motifs (C(OH)–C–C–N with tert-alkyl or cyclic N) is 1. The molecule has 5 rings (SSSR count). The number of rotatable bonds is 3. The van der Waals surface area contributed by atoms with E-state index in [9.17, 15) is 32.3 Å². The first-order chi connectivity index (χ1) is 16.5. The highest BCUT2D eigenvalue weighted by Crippen LogP contribution is 2.41. The van der Waals surface area contributed by atoms with Crippen LogP contribution in [0.15, 0.2) is 41.8 Å². The second-order valence-electron chi connectivity index (χ2n) is 8.19. The third-order valence-corrected chi connectivity index (χ3v) is 7.19. The number of hydrogen-bond acceptors (Lipinski definition) is 5. The first-order valence-corrected chi connectivity index (χ1v) is 11.4. The van der Waals surface area contributed by atoms with E-state index in [1.807, 2.05) is 0 Å². The Bertz CT molecular complexity index is 1360. The molecule has 1 unspecified atom stereocenters. The highest BCUT2D eigenvalue weighted by molar-refractivity contribution is 7.09. The molecule has 0 bridgehead atoms. The monoisotopic (exact) mass is 526 g/mol. The van der Waals surface area contributed by atoms with Crippen LogP contribution in [0.2, 0.25) is 5.02 Å². The van der Waals surface area contributed by atoms with Crippen molar-refractivity contribution in [2.45, 2.75) is 17.8 Å². The van der Waals surface area contributed by atoms with Crippen LogP contribution in [0.4, 0.5) is 28.0 Å². The highest BCUT2D eigenvalue weighted by atomic mass is 35.5. The van der Waals surface area contributed by atoms with Crippen molar-refractivity contribution in [2.75, 3.05) is 18.4 Å². The molecule has 2 aliphatic rings. The zero-order valence-electron chi connectivity index (χ0n) is 17.5. The summed E-state index contributed by atoms with van der Waals surface area (Å²) in [5, 5.41) is 16.9. The molecule has 1 aromatic heterocycles. The maximum atomic E-state index is 13.9. The topological polar surface area (TPSA) is 94.6 Å². The summed E-state index contributed by atoms with van der Waals surface area (Å²) in [6.45, 7) is -0.538. The Morgan fingerprint density at radius 2 is 2.03 bits per heavy atom. The number of aromatic nitrogens is 1. The van der Waals surface area contributed by atoms with E-state index in [2.05, 4.69) is 15.6 Å². The first-order valence-electron chi connectivity index (χ1n) is 10.2. The van der Waals surface area contributed by atoms with Crippen LogP contribution in [0, 0.1) is 5.82 Å². The summed E-state index contributed by atoms with van der Waals surface area (Å²) in [5.74, 6) is -0.978. The summed E-state index contributed by atoms with van der Waals surface area (Å²) in [6, 6.07) is 6.95. The van der Waals surface area contributed by atoms with Gasteiger partial charge >= 0.3 is 12.2 Å². The third kappa shape index (κ3) is 4.11. The van der Waals surface area contributed by atoms with Crippen molar-refractivity contribution in [3.63, 3.8) is 0 Å². The summed E-state index contributed by atoms with van der Waals surface area (Å²) in [6.07, 6.45) is -4.63. The van der Waals surface area contributed by atoms with Crippen molar-refractivity contribution < 1.29 is 32.3 Å². The van der Waals surface area contributed by atoms with Crippen molar-refractivity contribution in [1.29, 1.82) is 0 Å². The molecule has 13 heteroatoms. The molecule has 35 heavy (non-hydrogen) atoms. The SMILES string of the molecule is O=C1NC(c2cc(F)ccc2Cl)c2c(NC(=O)N3CC(O)(c4nc(C(F)(F)F)cs4)C3)cccc21. The lowest BCUT2D eigenvalue weighted by atomic mass is 9.95. The fraction of sp³-hybridized carbons (Fsp3) is 0.227. The van der Waals surface area contributed by atoms with Crippen molar-refractivity contribution in [2.24, 2.45) is 0 Å². The van der Waals surface area contributed by atoms with Gasteiger partial charge in [0, 0.05) is 32.8 Å². The molecule has 0 spiro atoms. The summed E-state index contributed by atoms with van der Waals surface area (Å²) < 4.78 is 52.4. The van der Waals surface area contributed by atoms with Gasteiger partial charge in [0.2, 0.25) is 0 Å². The van der Waals surface area contributed by atoms with E-state index in [1.54, 1.807) is 18.2 Å². The van der Waals surface area contributed by atoms with Crippen LogP contribution in [0.5, 0.6) is 0 Å². The van der Waals surface area contributed by atoms with Crippen LogP contribution >= 0.6 is 22.9 Å². The number of likely N-dealkylation sites (tertiary alicyclic amines) is 1. The fourth-order valence-corrected chi connectivity index (χ4v) is 5.25. The van der Waals surface area contributed by atoms with Gasteiger partial charge in [-0.2, -0.15) is 13.2 Å². The predicted octanol–water partition coefficient (Wildman–Crippen LogP) is 4.52. The van der Waals surface area contributed by atoms with E-state index < -0.39 is 41.3 Å². The molecule has 3 amide bonds. The predicted molar refractivity (Wildman–Crippen MR) is 119 cm³/mol. The molecule has 0 aliphatic carbocycles. The average molecular weight is 527 g/mol. The Morgan fingerprint density at radius 3 is 2.71 bits per heavy atom. The molecule has 2 aromatic carbocycles. The van der Waals surface area contributed by atoms with Gasteiger partial charge in [0.25, 0.3) is 5.91 Å². The normalized spacial score (nSPS) is 18.6. The largest absolute Gasteiger partial charge is 0.434 e. The minimum atomic E-state index is -4.63. The number of hydrogen-bond donors (Lipinski definition) is 3. The molecular formula is C22H15ClF4N4O3S. The molecule has 182 valence electrons. The Hall–Kier alpha value is -3.22. The number of carbonyl (C=O) groups is 2. The highest BCUT2D eigenvalue weighted by Gasteiger charge is 2.49. The standard InChI is InChI=1S/C22H15ClF4N4O3S/c23-13-5-4-10(24)6-12(13)17-16-11(18(32)30-17)2-1-3-14(16)28-20(33)31-8-21(34,9-31)19-29-15(7-35-19)22(25,26)27/h1-7,17,34H,8-9H2,(H,28,33)(H,30,32). The number of alkyl halides is 3. The smallest absolute Gasteiger partial charge is 0.379 e. The van der Waals surface area contributed by atoms with Crippen LogP contribution in [0.3, 0.4) is 0 Å². The van der Waals surface area contributed by atoms with Gasteiger partial charge in [0.05, 0.1) is 19.1 Å². The summed E-state index contributed by atoms with van der Waals surface area (Å²) in [5.41, 5.74) is -1.56. The number of nitrogens with zero attached hydrogens (tertiary/aromatic N) is 2. The van der Waals surface area contributed by atoms with Crippen molar-refractivity contribution in [3.05, 3.63) is 80.0 Å². The number of urea groups is 1. The quantitative estimate of drug-likeness (QED) is 0.437. The number of aliphatic hydroxyl groups is 1. The molecule has 0 radical (unpaired) electrons. The Kier molecular flexibility index (Phi) is 5.49. The summed E-state index contributed by atoms with van der Waals surface area (Å²) >= 11 is 6.90. The number of fused-ring (bicyclic) bond motifs is 1. The Balaban J connectivity index is 1.36. The van der Waals surface area contributed by atoms with Gasteiger partial charge < -0.3 is 20.6 Å². The summed E-state index contributed by atoms with van der Waals surface area (Å²) in [7, 11) is 0. The zero-order chi connectivity index (χ0) is 25.1. The van der Waals surface area contributed by atoms with E-state index in [-0.39, 0.29) is 34.4 Å². The second kappa shape index (κ2) is 8.18. The van der Waals surface area contributed by atoms with Gasteiger partial charge in [0.15, 0.2) is 11.3 Å². The Labute approximate surface area is 204 Å². The molecule has 1 fully saturated rings. The number of benzene rings is 2. The number of thiazole rings is 1. The first kappa shape index (κ1) is 23.5. The van der Waals surface area contributed by atoms with Crippen molar-refractivity contribution in [1.82, 2.24) is 15.2 Å². The number of amides is 3. The summed E-state index contributed by atoms with van der Waals surface area (Å²) in [4.78, 5) is 30.0. The third-order valence-electron chi connectivity index (χ3n) is 5.81. The van der Waals surface area contributed by atoms with Crippen molar-refractivity contribution >= 4 is 40.6 Å². The van der Waals surface area contributed by atoms with Crippen LogP contribution in [0.25, 0.3) is 0 Å². The number of anilines is 1. The number of nitrogens with one attached hydrogen (secondary N) is 2. The van der Waals surface area contributed by atoms with Gasteiger partial charge in [-0.3, -0.25) is 4.79 Å². The van der Waals surface area contributed by atoms with Gasteiger partial charge in [-0.25, -0.2) is 14.2 Å². The lowest BCUT2D eigenvalue weighted by Crippen LogP contribution is -2.62. The van der Waals surface area contributed by atoms with E-state index in [0.29, 0.717) is 22.5 Å². The van der Waals surface area contributed by atoms with Crippen LogP contribution in [-0.4, -0.2) is 40.0 Å². The molecule has 0 saturated carbocycles. The molecule has 1 saturated heterocycles. The molecule has 2 aliphatic heterocycles. The van der Waals surface area contributed by atoms with Gasteiger partial charge in [-0.1, -0.05) is 17.7 Å². The van der Waals surface area contributed by atoms with E-state index in [0.717, 1.165) is 5.38 Å². The van der Waals surface area contributed by atoms with E-state index in [1.165, 1.54) is 23.1 Å². The number of carbonyl (C=O) groups excluding carboxylic acids is 2. The zero-order valence-corrected chi connectivity index (χ0v) is 19.1. The molecular weight excluding hydrogens is 512 g/mol. The number of halogens is 5. The van der Waals surface area contributed by atoms with Gasteiger partial charge in [0.1, 0.15) is 10.8 Å². The van der Waals surface area contributed by atoms with Crippen LogP contribution < -0.4 is 10.6 Å². The lowest BCUT2D eigenvalue weighted by molar-refractivity contribution is -0.141. The fourth-order valence-electron chi connectivity index (χ4n) is 4.11. The molecule has 1 atom stereocenters. The molecule has 7 nitrogen and oxygen atoms in total. The van der Waals surface area contributed by atoms with Gasteiger partial charge in [-0.05, 0) is 30.3 Å². The van der Waals surface area contributed by atoms with Crippen molar-refractivity contribution in [3.8, 4) is 0 Å².